The first-order valence-electron chi connectivity index (χ1n) is 5.74. The maximum atomic E-state index is 13.4. The first-order valence-corrected chi connectivity index (χ1v) is 7.15. The summed E-state index contributed by atoms with van der Waals surface area (Å²) in [5.74, 6) is -17.6. The molecule has 0 aliphatic heterocycles. The predicted molar refractivity (Wildman–Crippen MR) is 68.6 cm³/mol. The molecule has 1 aromatic rings. The maximum absolute atomic E-state index is 13.4. The van der Waals surface area contributed by atoms with Crippen molar-refractivity contribution in [3.8, 4) is 5.75 Å². The number of hydrogen-bond donors (Lipinski definition) is 1. The number of halogens is 6. The Labute approximate surface area is 131 Å². The van der Waals surface area contributed by atoms with E-state index in [1.807, 2.05) is 0 Å². The molecule has 1 rings (SSSR count). The van der Waals surface area contributed by atoms with Crippen LogP contribution in [0, 0.1) is 0 Å². The number of carbonyl (C=O) groups is 1. The highest BCUT2D eigenvalue weighted by molar-refractivity contribution is 7.88. The molecule has 5 nitrogen and oxygen atoms in total. The lowest BCUT2D eigenvalue weighted by Crippen LogP contribution is -2.61. The summed E-state index contributed by atoms with van der Waals surface area (Å²) in [5, 5.41) is 1.42. The summed E-state index contributed by atoms with van der Waals surface area (Å²) >= 11 is 0. The van der Waals surface area contributed by atoms with Crippen LogP contribution in [0.15, 0.2) is 30.8 Å². The van der Waals surface area contributed by atoms with Gasteiger partial charge in [-0.15, -0.1) is 0 Å². The lowest BCUT2D eigenvalue weighted by Gasteiger charge is -2.29. The number of hydrogen-bond acceptors (Lipinski definition) is 4. The zero-order valence-electron chi connectivity index (χ0n) is 11.4. The third kappa shape index (κ3) is 3.05. The van der Waals surface area contributed by atoms with E-state index in [0.717, 1.165) is 24.3 Å². The number of benzene rings is 1. The molecule has 0 aromatic heterocycles. The zero-order valence-corrected chi connectivity index (χ0v) is 12.2. The Morgan fingerprint density at radius 2 is 1.54 bits per heavy atom. The molecule has 24 heavy (non-hydrogen) atoms. The fraction of sp³-hybridized carbons (Fsp3) is 0.250. The van der Waals surface area contributed by atoms with Crippen molar-refractivity contribution in [2.24, 2.45) is 0 Å². The SMILES string of the molecule is C=Cc1ccc(OS(=O)(=O)C(F)(F)C(F)(F)C(F)(F)C(=O)O)cc1. The largest absolute Gasteiger partial charge is 0.477 e. The number of rotatable bonds is 7. The number of carboxylic acids is 1. The summed E-state index contributed by atoms with van der Waals surface area (Å²) in [6.07, 6.45) is 1.27. The maximum Gasteiger partial charge on any atom is 0.449 e. The fourth-order valence-corrected chi connectivity index (χ4v) is 2.22. The monoisotopic (exact) mass is 378 g/mol. The first kappa shape index (κ1) is 19.8. The quantitative estimate of drug-likeness (QED) is 0.583. The van der Waals surface area contributed by atoms with Crippen LogP contribution in [0.2, 0.25) is 0 Å². The Bertz CT molecular complexity index is 742. The highest BCUT2D eigenvalue weighted by atomic mass is 32.2. The molecule has 0 heterocycles. The molecule has 0 bridgehead atoms. The molecule has 0 fully saturated rings. The molecule has 0 unspecified atom stereocenters. The van der Waals surface area contributed by atoms with Gasteiger partial charge in [0, 0.05) is 0 Å². The van der Waals surface area contributed by atoms with Crippen LogP contribution in [0.25, 0.3) is 6.08 Å². The van der Waals surface area contributed by atoms with E-state index < -0.39 is 38.9 Å². The molecule has 12 heteroatoms. The van der Waals surface area contributed by atoms with Crippen molar-refractivity contribution >= 4 is 22.2 Å². The molecule has 0 amide bonds. The second-order valence-corrected chi connectivity index (χ2v) is 5.87. The molecular formula is C12H8F6O5S. The summed E-state index contributed by atoms with van der Waals surface area (Å²) in [6.45, 7) is 3.33. The summed E-state index contributed by atoms with van der Waals surface area (Å²) in [4.78, 5) is 10.1. The van der Waals surface area contributed by atoms with Crippen LogP contribution >= 0.6 is 0 Å². The second kappa shape index (κ2) is 6.00. The lowest BCUT2D eigenvalue weighted by molar-refractivity contribution is -0.277. The van der Waals surface area contributed by atoms with Crippen molar-refractivity contribution < 1.29 is 48.8 Å². The van der Waals surface area contributed by atoms with Crippen molar-refractivity contribution in [2.45, 2.75) is 17.1 Å². The van der Waals surface area contributed by atoms with Crippen LogP contribution in [0.4, 0.5) is 26.3 Å². The minimum Gasteiger partial charge on any atom is -0.477 e. The average molecular weight is 378 g/mol. The Kier molecular flexibility index (Phi) is 4.95. The van der Waals surface area contributed by atoms with Gasteiger partial charge in [0.15, 0.2) is 0 Å². The summed E-state index contributed by atoms with van der Waals surface area (Å²) in [7, 11) is -6.66. The van der Waals surface area contributed by atoms with Gasteiger partial charge in [0.25, 0.3) is 0 Å². The number of carboxylic acid groups (broad SMARTS) is 1. The van der Waals surface area contributed by atoms with E-state index in [9.17, 15) is 39.6 Å². The van der Waals surface area contributed by atoms with Crippen LogP contribution in [-0.4, -0.2) is 36.6 Å². The van der Waals surface area contributed by atoms with Crippen molar-refractivity contribution in [3.05, 3.63) is 36.4 Å². The van der Waals surface area contributed by atoms with Crippen molar-refractivity contribution in [2.75, 3.05) is 0 Å². The summed E-state index contributed by atoms with van der Waals surface area (Å²) in [5.41, 5.74) is 0.384. The molecule has 0 spiro atoms. The van der Waals surface area contributed by atoms with Gasteiger partial charge in [0.2, 0.25) is 0 Å². The van der Waals surface area contributed by atoms with E-state index >= 15 is 0 Å². The van der Waals surface area contributed by atoms with Crippen molar-refractivity contribution in [3.63, 3.8) is 0 Å². The van der Waals surface area contributed by atoms with Gasteiger partial charge in [-0.05, 0) is 17.7 Å². The molecule has 0 radical (unpaired) electrons. The van der Waals surface area contributed by atoms with Gasteiger partial charge in [0.05, 0.1) is 0 Å². The fourth-order valence-electron chi connectivity index (χ4n) is 1.31. The predicted octanol–water partition coefficient (Wildman–Crippen LogP) is 2.99. The van der Waals surface area contributed by atoms with Crippen LogP contribution in [0.3, 0.4) is 0 Å². The molecule has 1 aromatic carbocycles. The second-order valence-electron chi connectivity index (χ2n) is 4.28. The Hall–Kier alpha value is -2.24. The van der Waals surface area contributed by atoms with Crippen LogP contribution in [0.1, 0.15) is 5.56 Å². The minimum absolute atomic E-state index is 0.384. The van der Waals surface area contributed by atoms with E-state index in [4.69, 9.17) is 5.11 Å². The summed E-state index contributed by atoms with van der Waals surface area (Å²) in [6, 6.07) is 3.77. The Morgan fingerprint density at radius 3 is 1.92 bits per heavy atom. The molecule has 0 atom stereocenters. The van der Waals surface area contributed by atoms with Gasteiger partial charge >= 0.3 is 33.2 Å². The van der Waals surface area contributed by atoms with Gasteiger partial charge < -0.3 is 9.29 Å². The highest BCUT2D eigenvalue weighted by Gasteiger charge is 2.81. The van der Waals surface area contributed by atoms with Crippen LogP contribution < -0.4 is 4.18 Å². The van der Waals surface area contributed by atoms with Crippen molar-refractivity contribution in [1.82, 2.24) is 0 Å². The van der Waals surface area contributed by atoms with Gasteiger partial charge in [-0.1, -0.05) is 24.8 Å². The third-order valence-electron chi connectivity index (χ3n) is 2.66. The Morgan fingerprint density at radius 1 is 1.08 bits per heavy atom. The Balaban J connectivity index is 3.27. The van der Waals surface area contributed by atoms with Gasteiger partial charge in [-0.2, -0.15) is 34.8 Å². The molecule has 134 valence electrons. The van der Waals surface area contributed by atoms with E-state index in [1.54, 1.807) is 0 Å². The standard InChI is InChI=1S/C12H8F6O5S/c1-2-7-3-5-8(6-4-7)23-24(21,22)12(17,18)11(15,16)10(13,14)9(19)20/h2-6H,1H2,(H,19,20). The minimum atomic E-state index is -6.77. The molecule has 1 N–H and O–H groups in total. The highest BCUT2D eigenvalue weighted by Crippen LogP contribution is 2.49. The molecular weight excluding hydrogens is 370 g/mol. The number of alkyl halides is 6. The van der Waals surface area contributed by atoms with Crippen molar-refractivity contribution in [1.29, 1.82) is 0 Å². The van der Waals surface area contributed by atoms with Crippen LogP contribution in [-0.2, 0) is 14.9 Å². The normalized spacial score (nSPS) is 13.4. The molecule has 0 saturated carbocycles. The van der Waals surface area contributed by atoms with E-state index in [-0.39, 0.29) is 0 Å². The topological polar surface area (TPSA) is 80.7 Å². The molecule has 0 aliphatic rings. The van der Waals surface area contributed by atoms with Crippen LogP contribution in [0.5, 0.6) is 5.75 Å². The summed E-state index contributed by atoms with van der Waals surface area (Å²) < 4.78 is 105. The zero-order chi connectivity index (χ0) is 19.0. The van der Waals surface area contributed by atoms with E-state index in [1.165, 1.54) is 6.08 Å². The van der Waals surface area contributed by atoms with Gasteiger partial charge in [-0.25, -0.2) is 4.79 Å². The average Bonchev–Trinajstić information content (AvgIpc) is 2.46. The smallest absolute Gasteiger partial charge is 0.449 e. The number of aliphatic carboxylic acids is 1. The van der Waals surface area contributed by atoms with E-state index in [2.05, 4.69) is 10.8 Å². The van der Waals surface area contributed by atoms with Gasteiger partial charge in [-0.3, -0.25) is 0 Å². The first-order chi connectivity index (χ1) is 10.7. The molecule has 0 saturated heterocycles. The molecule has 0 aliphatic carbocycles. The third-order valence-corrected chi connectivity index (χ3v) is 3.96. The van der Waals surface area contributed by atoms with E-state index in [0.29, 0.717) is 5.56 Å². The van der Waals surface area contributed by atoms with Gasteiger partial charge in [0.1, 0.15) is 5.75 Å². The lowest BCUT2D eigenvalue weighted by atomic mass is 10.2.